The van der Waals surface area contributed by atoms with Gasteiger partial charge in [0.05, 0.1) is 0 Å². The van der Waals surface area contributed by atoms with Crippen molar-refractivity contribution in [3.05, 3.63) is 90.5 Å². The van der Waals surface area contributed by atoms with E-state index in [-0.39, 0.29) is 0 Å². The zero-order chi connectivity index (χ0) is 19.1. The van der Waals surface area contributed by atoms with Crippen molar-refractivity contribution in [1.29, 1.82) is 0 Å². The summed E-state index contributed by atoms with van der Waals surface area (Å²) in [6, 6.07) is 29.1. The molecular weight excluding hydrogens is 342 g/mol. The van der Waals surface area contributed by atoms with Gasteiger partial charge in [-0.1, -0.05) is 62.0 Å². The highest BCUT2D eigenvalue weighted by molar-refractivity contribution is 6.83. The number of anilines is 3. The molecule has 0 aliphatic carbocycles. The van der Waals surface area contributed by atoms with Crippen LogP contribution in [-0.4, -0.2) is 8.07 Å². The lowest BCUT2D eigenvalue weighted by Gasteiger charge is -2.25. The lowest BCUT2D eigenvalue weighted by Crippen LogP contribution is -2.16. The van der Waals surface area contributed by atoms with Crippen molar-refractivity contribution in [2.75, 3.05) is 4.90 Å². The molecule has 1 nitrogen and oxygen atoms in total. The Morgan fingerprint density at radius 2 is 1.07 bits per heavy atom. The molecule has 0 bridgehead atoms. The minimum absolute atomic E-state index is 0.977. The first kappa shape index (κ1) is 18.6. The summed E-state index contributed by atoms with van der Waals surface area (Å²) in [7, 11) is -1.36. The van der Waals surface area contributed by atoms with Gasteiger partial charge in [-0.3, -0.25) is 0 Å². The number of benzene rings is 3. The molecule has 0 amide bonds. The predicted molar refractivity (Wildman–Crippen MR) is 119 cm³/mol. The van der Waals surface area contributed by atoms with E-state index in [0.717, 1.165) is 22.6 Å². The molecule has 0 aliphatic rings. The molecule has 0 aromatic heterocycles. The van der Waals surface area contributed by atoms with Gasteiger partial charge in [0.15, 0.2) is 0 Å². The second-order valence-electron chi connectivity index (χ2n) is 7.30. The van der Waals surface area contributed by atoms with Crippen LogP contribution in [-0.2, 0) is 0 Å². The molecule has 0 saturated carbocycles. The van der Waals surface area contributed by atoms with Crippen LogP contribution in [0.5, 0.6) is 0 Å². The number of hydrogen-bond donors (Lipinski definition) is 0. The first-order chi connectivity index (χ1) is 13.0. The average Bonchev–Trinajstić information content (AvgIpc) is 2.68. The van der Waals surface area contributed by atoms with E-state index < -0.39 is 8.07 Å². The molecule has 0 fully saturated rings. The predicted octanol–water partition coefficient (Wildman–Crippen LogP) is 6.39. The summed E-state index contributed by atoms with van der Waals surface area (Å²) in [5, 5.41) is 0. The Bertz CT molecular complexity index is 953. The molecular formula is C25H23NSi. The summed E-state index contributed by atoms with van der Waals surface area (Å²) in [6.07, 6.45) is 0. The van der Waals surface area contributed by atoms with Crippen LogP contribution in [0.4, 0.5) is 17.1 Å². The zero-order valence-corrected chi connectivity index (χ0v) is 17.0. The average molecular weight is 366 g/mol. The molecule has 27 heavy (non-hydrogen) atoms. The second-order valence-corrected chi connectivity index (χ2v) is 12.1. The quantitative estimate of drug-likeness (QED) is 0.384. The van der Waals surface area contributed by atoms with Gasteiger partial charge < -0.3 is 4.90 Å². The third kappa shape index (κ3) is 5.38. The monoisotopic (exact) mass is 365 g/mol. The summed E-state index contributed by atoms with van der Waals surface area (Å²) in [4.78, 5) is 2.24. The molecule has 0 radical (unpaired) electrons. The molecule has 3 rings (SSSR count). The largest absolute Gasteiger partial charge is 0.311 e. The third-order valence-corrected chi connectivity index (χ3v) is 4.74. The van der Waals surface area contributed by atoms with Gasteiger partial charge in [0.25, 0.3) is 0 Å². The molecule has 3 aromatic rings. The van der Waals surface area contributed by atoms with Crippen molar-refractivity contribution in [1.82, 2.24) is 0 Å². The maximum atomic E-state index is 3.27. The molecule has 132 valence electrons. The van der Waals surface area contributed by atoms with E-state index >= 15 is 0 Å². The van der Waals surface area contributed by atoms with Crippen LogP contribution in [0.3, 0.4) is 0 Å². The molecule has 2 heteroatoms. The maximum Gasteiger partial charge on any atom is 0.130 e. The van der Waals surface area contributed by atoms with E-state index in [4.69, 9.17) is 0 Å². The van der Waals surface area contributed by atoms with Crippen LogP contribution in [0.25, 0.3) is 0 Å². The fourth-order valence-corrected chi connectivity index (χ4v) is 3.05. The molecule has 0 atom stereocenters. The molecule has 0 unspecified atom stereocenters. The van der Waals surface area contributed by atoms with Crippen LogP contribution >= 0.6 is 0 Å². The molecule has 0 N–H and O–H groups in total. The van der Waals surface area contributed by atoms with E-state index in [1.165, 1.54) is 0 Å². The van der Waals surface area contributed by atoms with Crippen molar-refractivity contribution >= 4 is 25.1 Å². The summed E-state index contributed by atoms with van der Waals surface area (Å²) >= 11 is 0. The van der Waals surface area contributed by atoms with E-state index in [0.29, 0.717) is 0 Å². The molecule has 0 heterocycles. The second kappa shape index (κ2) is 8.45. The third-order valence-electron chi connectivity index (χ3n) is 3.86. The molecule has 0 spiro atoms. The molecule has 3 aromatic carbocycles. The lowest BCUT2D eigenvalue weighted by atomic mass is 10.1. The van der Waals surface area contributed by atoms with Crippen LogP contribution in [0, 0.1) is 23.3 Å². The Morgan fingerprint density at radius 1 is 0.593 bits per heavy atom. The SMILES string of the molecule is C[Si](C)(C)C#CC#Cc1ccc(N(c2ccccc2)c2ccccc2)cc1. The normalized spacial score (nSPS) is 10.2. The van der Waals surface area contributed by atoms with E-state index in [1.807, 2.05) is 12.1 Å². The number of para-hydroxylation sites is 2. The van der Waals surface area contributed by atoms with Gasteiger partial charge >= 0.3 is 0 Å². The van der Waals surface area contributed by atoms with Crippen molar-refractivity contribution in [2.45, 2.75) is 19.6 Å². The van der Waals surface area contributed by atoms with Crippen molar-refractivity contribution in [3.63, 3.8) is 0 Å². The van der Waals surface area contributed by atoms with Crippen molar-refractivity contribution in [3.8, 4) is 23.3 Å². The summed E-state index contributed by atoms with van der Waals surface area (Å²) in [6.45, 7) is 6.66. The lowest BCUT2D eigenvalue weighted by molar-refractivity contribution is 1.28. The van der Waals surface area contributed by atoms with Gasteiger partial charge in [0.1, 0.15) is 8.07 Å². The fraction of sp³-hybridized carbons (Fsp3) is 0.120. The van der Waals surface area contributed by atoms with E-state index in [2.05, 4.69) is 121 Å². The highest BCUT2D eigenvalue weighted by atomic mass is 28.3. The summed E-state index contributed by atoms with van der Waals surface area (Å²) < 4.78 is 0. The smallest absolute Gasteiger partial charge is 0.130 e. The van der Waals surface area contributed by atoms with E-state index in [1.54, 1.807) is 0 Å². The van der Waals surface area contributed by atoms with Gasteiger partial charge in [-0.05, 0) is 60.4 Å². The number of rotatable bonds is 3. The fourth-order valence-electron chi connectivity index (χ4n) is 2.62. The van der Waals surface area contributed by atoms with Gasteiger partial charge in [0.2, 0.25) is 0 Å². The number of nitrogens with zero attached hydrogens (tertiary/aromatic N) is 1. The highest BCUT2D eigenvalue weighted by Gasteiger charge is 2.11. The number of hydrogen-bond acceptors (Lipinski definition) is 1. The first-order valence-electron chi connectivity index (χ1n) is 9.06. The maximum absolute atomic E-state index is 3.27. The molecule has 0 aliphatic heterocycles. The first-order valence-corrected chi connectivity index (χ1v) is 12.6. The summed E-state index contributed by atoms with van der Waals surface area (Å²) in [5.74, 6) is 9.13. The Labute approximate surface area is 163 Å². The van der Waals surface area contributed by atoms with Crippen molar-refractivity contribution < 1.29 is 0 Å². The summed E-state index contributed by atoms with van der Waals surface area (Å²) in [5.41, 5.74) is 7.61. The van der Waals surface area contributed by atoms with Crippen LogP contribution in [0.2, 0.25) is 19.6 Å². The van der Waals surface area contributed by atoms with Crippen LogP contribution < -0.4 is 4.90 Å². The minimum atomic E-state index is -1.36. The Hall–Kier alpha value is -3.20. The molecule has 0 saturated heterocycles. The van der Waals surface area contributed by atoms with Crippen molar-refractivity contribution in [2.24, 2.45) is 0 Å². The zero-order valence-electron chi connectivity index (χ0n) is 16.0. The van der Waals surface area contributed by atoms with Gasteiger partial charge in [-0.15, -0.1) is 5.54 Å². The Kier molecular flexibility index (Phi) is 5.82. The van der Waals surface area contributed by atoms with Gasteiger partial charge in [0, 0.05) is 22.6 Å². The Morgan fingerprint density at radius 3 is 1.56 bits per heavy atom. The topological polar surface area (TPSA) is 3.24 Å². The standard InChI is InChI=1S/C25H23NSi/c1-27(2,3)21-11-10-12-22-17-19-25(20-18-22)26(23-13-6-4-7-14-23)24-15-8-5-9-16-24/h4-9,13-20H,1-3H3. The highest BCUT2D eigenvalue weighted by Crippen LogP contribution is 2.33. The minimum Gasteiger partial charge on any atom is -0.311 e. The Balaban J connectivity index is 1.91. The van der Waals surface area contributed by atoms with Gasteiger partial charge in [-0.25, -0.2) is 0 Å². The van der Waals surface area contributed by atoms with Crippen LogP contribution in [0.15, 0.2) is 84.9 Å². The van der Waals surface area contributed by atoms with Gasteiger partial charge in [-0.2, -0.15) is 0 Å². The van der Waals surface area contributed by atoms with E-state index in [9.17, 15) is 0 Å². The van der Waals surface area contributed by atoms with Crippen LogP contribution in [0.1, 0.15) is 5.56 Å².